The molecular formula is C13H14FN3. The molecule has 4 heteroatoms. The van der Waals surface area contributed by atoms with Crippen molar-refractivity contribution < 1.29 is 4.39 Å². The van der Waals surface area contributed by atoms with Gasteiger partial charge < -0.3 is 5.32 Å². The molecule has 1 aliphatic heterocycles. The number of benzene rings is 1. The number of fused-ring (bicyclic) bond motifs is 1. The van der Waals surface area contributed by atoms with Crippen molar-refractivity contribution in [2.24, 2.45) is 0 Å². The minimum Gasteiger partial charge on any atom is -0.311 e. The van der Waals surface area contributed by atoms with E-state index in [1.165, 1.54) is 0 Å². The lowest BCUT2D eigenvalue weighted by atomic mass is 10.1. The van der Waals surface area contributed by atoms with Gasteiger partial charge in [0.25, 0.3) is 0 Å². The van der Waals surface area contributed by atoms with Gasteiger partial charge in [0.1, 0.15) is 6.67 Å². The number of nitrogens with one attached hydrogen (secondary N) is 1. The highest BCUT2D eigenvalue weighted by molar-refractivity contribution is 5.38. The van der Waals surface area contributed by atoms with Gasteiger partial charge in [-0.15, -0.1) is 0 Å². The molecule has 0 amide bonds. The highest BCUT2D eigenvalue weighted by Crippen LogP contribution is 2.22. The zero-order valence-electron chi connectivity index (χ0n) is 9.49. The van der Waals surface area contributed by atoms with E-state index in [9.17, 15) is 4.39 Å². The second-order valence-corrected chi connectivity index (χ2v) is 4.18. The van der Waals surface area contributed by atoms with Crippen LogP contribution in [0.5, 0.6) is 0 Å². The summed E-state index contributed by atoms with van der Waals surface area (Å²) < 4.78 is 14.8. The number of rotatable bonds is 2. The molecule has 2 heterocycles. The molecule has 88 valence electrons. The molecule has 0 radical (unpaired) electrons. The number of alkyl halides is 1. The number of hydrogen-bond acceptors (Lipinski definition) is 2. The summed E-state index contributed by atoms with van der Waals surface area (Å²) in [5, 5.41) is 7.69. The van der Waals surface area contributed by atoms with Crippen LogP contribution in [0.2, 0.25) is 0 Å². The topological polar surface area (TPSA) is 29.9 Å². The lowest BCUT2D eigenvalue weighted by Crippen LogP contribution is -2.25. The lowest BCUT2D eigenvalue weighted by Gasteiger charge is -2.15. The summed E-state index contributed by atoms with van der Waals surface area (Å²) in [6, 6.07) is 9.88. The van der Waals surface area contributed by atoms with E-state index >= 15 is 0 Å². The predicted octanol–water partition coefficient (Wildman–Crippen LogP) is 1.99. The van der Waals surface area contributed by atoms with Crippen LogP contribution in [0.1, 0.15) is 17.0 Å². The number of halogens is 1. The molecule has 0 saturated heterocycles. The molecule has 2 aromatic rings. The van der Waals surface area contributed by atoms with Crippen molar-refractivity contribution in [1.29, 1.82) is 0 Å². The van der Waals surface area contributed by atoms with Crippen LogP contribution >= 0.6 is 0 Å². The predicted molar refractivity (Wildman–Crippen MR) is 63.8 cm³/mol. The van der Waals surface area contributed by atoms with Crippen LogP contribution in [0, 0.1) is 0 Å². The summed E-state index contributed by atoms with van der Waals surface area (Å²) in [7, 11) is 0. The van der Waals surface area contributed by atoms with E-state index in [0.717, 1.165) is 36.5 Å². The molecule has 0 spiro atoms. The summed E-state index contributed by atoms with van der Waals surface area (Å²) in [5.41, 5.74) is 3.75. The maximum atomic E-state index is 12.9. The van der Waals surface area contributed by atoms with E-state index in [0.29, 0.717) is 5.69 Å². The van der Waals surface area contributed by atoms with Crippen LogP contribution in [-0.2, 0) is 19.6 Å². The van der Waals surface area contributed by atoms with Gasteiger partial charge in [0.05, 0.1) is 17.1 Å². The van der Waals surface area contributed by atoms with Gasteiger partial charge in [0.15, 0.2) is 0 Å². The van der Waals surface area contributed by atoms with Crippen LogP contribution in [-0.4, -0.2) is 16.3 Å². The first-order valence-electron chi connectivity index (χ1n) is 5.82. The third kappa shape index (κ3) is 1.74. The van der Waals surface area contributed by atoms with Crippen LogP contribution < -0.4 is 5.32 Å². The highest BCUT2D eigenvalue weighted by atomic mass is 19.1. The van der Waals surface area contributed by atoms with Crippen LogP contribution in [0.15, 0.2) is 30.3 Å². The third-order valence-electron chi connectivity index (χ3n) is 3.14. The molecule has 1 N–H and O–H groups in total. The SMILES string of the molecule is FCc1nn(-c2ccccc2)c2c1CCNC2. The number of hydrogen-bond donors (Lipinski definition) is 1. The fourth-order valence-corrected chi connectivity index (χ4v) is 2.32. The highest BCUT2D eigenvalue weighted by Gasteiger charge is 2.20. The Balaban J connectivity index is 2.14. The average molecular weight is 231 g/mol. The van der Waals surface area contributed by atoms with E-state index in [1.807, 2.05) is 35.0 Å². The maximum Gasteiger partial charge on any atom is 0.134 e. The monoisotopic (exact) mass is 231 g/mol. The fraction of sp³-hybridized carbons (Fsp3) is 0.308. The Morgan fingerprint density at radius 1 is 1.29 bits per heavy atom. The van der Waals surface area contributed by atoms with Gasteiger partial charge in [0, 0.05) is 12.1 Å². The molecule has 0 aliphatic carbocycles. The Hall–Kier alpha value is -1.68. The largest absolute Gasteiger partial charge is 0.311 e. The van der Waals surface area contributed by atoms with Crippen LogP contribution in [0.4, 0.5) is 4.39 Å². The van der Waals surface area contributed by atoms with Crippen molar-refractivity contribution in [1.82, 2.24) is 15.1 Å². The van der Waals surface area contributed by atoms with Crippen molar-refractivity contribution in [2.45, 2.75) is 19.6 Å². The Kier molecular flexibility index (Phi) is 2.65. The number of aromatic nitrogens is 2. The second-order valence-electron chi connectivity index (χ2n) is 4.18. The quantitative estimate of drug-likeness (QED) is 0.856. The smallest absolute Gasteiger partial charge is 0.134 e. The minimum absolute atomic E-state index is 0.484. The zero-order chi connectivity index (χ0) is 11.7. The Morgan fingerprint density at radius 3 is 2.88 bits per heavy atom. The van der Waals surface area contributed by atoms with Gasteiger partial charge in [-0.05, 0) is 25.1 Å². The standard InChI is InChI=1S/C13H14FN3/c14-8-12-11-6-7-15-9-13(11)17(16-12)10-4-2-1-3-5-10/h1-5,15H,6-9H2. The first kappa shape index (κ1) is 10.5. The second kappa shape index (κ2) is 4.30. The Morgan fingerprint density at radius 2 is 2.12 bits per heavy atom. The van der Waals surface area contributed by atoms with E-state index in [4.69, 9.17) is 0 Å². The summed E-state index contributed by atoms with van der Waals surface area (Å²) in [6.07, 6.45) is 0.863. The van der Waals surface area contributed by atoms with E-state index in [2.05, 4.69) is 10.4 Å². The molecular weight excluding hydrogens is 217 g/mol. The first-order valence-corrected chi connectivity index (χ1v) is 5.82. The number of para-hydroxylation sites is 1. The molecule has 1 aromatic heterocycles. The van der Waals surface area contributed by atoms with E-state index in [1.54, 1.807) is 0 Å². The van der Waals surface area contributed by atoms with Crippen molar-refractivity contribution in [2.75, 3.05) is 6.54 Å². The van der Waals surface area contributed by atoms with E-state index < -0.39 is 6.67 Å². The van der Waals surface area contributed by atoms with Gasteiger partial charge in [-0.1, -0.05) is 18.2 Å². The zero-order valence-corrected chi connectivity index (χ0v) is 9.49. The van der Waals surface area contributed by atoms with Crippen LogP contribution in [0.25, 0.3) is 5.69 Å². The molecule has 1 aliphatic rings. The summed E-state index contributed by atoms with van der Waals surface area (Å²) >= 11 is 0. The fourth-order valence-electron chi connectivity index (χ4n) is 2.32. The van der Waals surface area contributed by atoms with Crippen molar-refractivity contribution in [3.05, 3.63) is 47.3 Å². The van der Waals surface area contributed by atoms with Gasteiger partial charge in [-0.25, -0.2) is 9.07 Å². The number of nitrogens with zero attached hydrogens (tertiary/aromatic N) is 2. The van der Waals surface area contributed by atoms with Gasteiger partial charge >= 0.3 is 0 Å². The van der Waals surface area contributed by atoms with Crippen LogP contribution in [0.3, 0.4) is 0 Å². The van der Waals surface area contributed by atoms with Gasteiger partial charge in [-0.2, -0.15) is 5.10 Å². The Labute approximate surface area is 99.3 Å². The molecule has 17 heavy (non-hydrogen) atoms. The van der Waals surface area contributed by atoms with Gasteiger partial charge in [-0.3, -0.25) is 0 Å². The van der Waals surface area contributed by atoms with E-state index in [-0.39, 0.29) is 0 Å². The van der Waals surface area contributed by atoms with Crippen molar-refractivity contribution in [3.8, 4) is 5.69 Å². The lowest BCUT2D eigenvalue weighted by molar-refractivity contribution is 0.470. The molecule has 0 saturated carbocycles. The summed E-state index contributed by atoms with van der Waals surface area (Å²) in [6.45, 7) is 1.18. The average Bonchev–Trinajstić information content (AvgIpc) is 2.78. The van der Waals surface area contributed by atoms with Crippen molar-refractivity contribution >= 4 is 0 Å². The summed E-state index contributed by atoms with van der Waals surface area (Å²) in [4.78, 5) is 0. The minimum atomic E-state index is -0.484. The molecule has 0 unspecified atom stereocenters. The molecule has 0 fully saturated rings. The van der Waals surface area contributed by atoms with Crippen molar-refractivity contribution in [3.63, 3.8) is 0 Å². The maximum absolute atomic E-state index is 12.9. The van der Waals surface area contributed by atoms with Gasteiger partial charge in [0.2, 0.25) is 0 Å². The molecule has 1 aromatic carbocycles. The first-order chi connectivity index (χ1) is 8.40. The third-order valence-corrected chi connectivity index (χ3v) is 3.14. The summed E-state index contributed by atoms with van der Waals surface area (Å²) in [5.74, 6) is 0. The Bertz CT molecular complexity index is 519. The molecule has 3 rings (SSSR count). The molecule has 0 bridgehead atoms. The molecule has 3 nitrogen and oxygen atoms in total. The normalized spacial score (nSPS) is 14.6. The molecule has 0 atom stereocenters.